The van der Waals surface area contributed by atoms with E-state index in [4.69, 9.17) is 0 Å². The van der Waals surface area contributed by atoms with Gasteiger partial charge in [0.05, 0.1) is 0 Å². The van der Waals surface area contributed by atoms with Crippen molar-refractivity contribution in [3.8, 4) is 5.75 Å². The number of hydrogen-bond donors (Lipinski definition) is 2. The summed E-state index contributed by atoms with van der Waals surface area (Å²) in [4.78, 5) is 7.94. The number of H-pyrrole nitrogens is 1. The zero-order chi connectivity index (χ0) is 9.54. The highest BCUT2D eigenvalue weighted by atomic mass is 16.3. The monoisotopic (exact) mass is 187 g/mol. The molecule has 0 unspecified atom stereocenters. The SMILES string of the molecule is Oc1cc2cncnc2c2n[nH]nc12. The van der Waals surface area contributed by atoms with Crippen LogP contribution in [-0.2, 0) is 0 Å². The quantitative estimate of drug-likeness (QED) is 0.538. The van der Waals surface area contributed by atoms with Crippen LogP contribution in [0.3, 0.4) is 0 Å². The Morgan fingerprint density at radius 3 is 2.93 bits per heavy atom. The van der Waals surface area contributed by atoms with Crippen LogP contribution >= 0.6 is 0 Å². The molecule has 6 heteroatoms. The average Bonchev–Trinajstić information content (AvgIpc) is 2.67. The van der Waals surface area contributed by atoms with Crippen molar-refractivity contribution in [2.75, 3.05) is 0 Å². The summed E-state index contributed by atoms with van der Waals surface area (Å²) in [6, 6.07) is 1.57. The van der Waals surface area contributed by atoms with E-state index in [0.29, 0.717) is 16.6 Å². The summed E-state index contributed by atoms with van der Waals surface area (Å²) in [5.74, 6) is 0.0797. The largest absolute Gasteiger partial charge is 0.506 e. The van der Waals surface area contributed by atoms with Gasteiger partial charge in [-0.15, -0.1) is 0 Å². The Bertz CT molecular complexity index is 617. The number of nitrogens with one attached hydrogen (secondary N) is 1. The number of aromatic hydroxyl groups is 1. The van der Waals surface area contributed by atoms with Gasteiger partial charge in [0.2, 0.25) is 0 Å². The first-order chi connectivity index (χ1) is 6.86. The second kappa shape index (κ2) is 2.38. The van der Waals surface area contributed by atoms with Gasteiger partial charge >= 0.3 is 0 Å². The number of rotatable bonds is 0. The molecule has 3 rings (SSSR count). The summed E-state index contributed by atoms with van der Waals surface area (Å²) in [7, 11) is 0. The van der Waals surface area contributed by atoms with Crippen LogP contribution in [0.1, 0.15) is 0 Å². The van der Waals surface area contributed by atoms with E-state index in [1.807, 2.05) is 0 Å². The third kappa shape index (κ3) is 0.792. The smallest absolute Gasteiger partial charge is 0.156 e. The zero-order valence-corrected chi connectivity index (χ0v) is 6.97. The van der Waals surface area contributed by atoms with E-state index in [2.05, 4.69) is 25.4 Å². The minimum atomic E-state index is 0.0797. The molecule has 2 heterocycles. The summed E-state index contributed by atoms with van der Waals surface area (Å²) in [6.45, 7) is 0. The van der Waals surface area contributed by atoms with Gasteiger partial charge in [0, 0.05) is 11.6 Å². The average molecular weight is 187 g/mol. The Labute approximate surface area is 77.6 Å². The van der Waals surface area contributed by atoms with Crippen LogP contribution in [0.15, 0.2) is 18.6 Å². The van der Waals surface area contributed by atoms with Gasteiger partial charge in [-0.05, 0) is 6.07 Å². The summed E-state index contributed by atoms with van der Waals surface area (Å²) >= 11 is 0. The van der Waals surface area contributed by atoms with Crippen molar-refractivity contribution >= 4 is 21.9 Å². The molecule has 1 aromatic carbocycles. The Morgan fingerprint density at radius 1 is 1.14 bits per heavy atom. The molecule has 0 aliphatic heterocycles. The highest BCUT2D eigenvalue weighted by Crippen LogP contribution is 2.27. The van der Waals surface area contributed by atoms with Crippen LogP contribution in [0.25, 0.3) is 21.9 Å². The van der Waals surface area contributed by atoms with Crippen LogP contribution in [0.5, 0.6) is 5.75 Å². The molecule has 3 aromatic rings. The van der Waals surface area contributed by atoms with E-state index < -0.39 is 0 Å². The summed E-state index contributed by atoms with van der Waals surface area (Å²) in [5.41, 5.74) is 1.67. The van der Waals surface area contributed by atoms with Crippen molar-refractivity contribution in [1.82, 2.24) is 25.4 Å². The maximum atomic E-state index is 9.58. The number of aromatic amines is 1. The predicted molar refractivity (Wildman–Crippen MR) is 48.6 cm³/mol. The normalized spacial score (nSPS) is 11.1. The molecule has 0 aliphatic rings. The van der Waals surface area contributed by atoms with Crippen molar-refractivity contribution in [2.24, 2.45) is 0 Å². The number of nitrogens with zero attached hydrogens (tertiary/aromatic N) is 4. The standard InChI is InChI=1S/C8H5N5O/c14-5-1-4-2-9-3-10-6(4)8-7(5)11-13-12-8/h1-3,14H,(H,11,12,13). The second-order valence-corrected chi connectivity index (χ2v) is 2.88. The van der Waals surface area contributed by atoms with Crippen LogP contribution in [-0.4, -0.2) is 30.5 Å². The molecule has 14 heavy (non-hydrogen) atoms. The molecule has 0 aliphatic carbocycles. The Hall–Kier alpha value is -2.24. The maximum Gasteiger partial charge on any atom is 0.156 e. The minimum Gasteiger partial charge on any atom is -0.506 e. The predicted octanol–water partition coefficient (Wildman–Crippen LogP) is 0.607. The molecule has 0 bridgehead atoms. The lowest BCUT2D eigenvalue weighted by atomic mass is 10.2. The fourth-order valence-electron chi connectivity index (χ4n) is 1.43. The van der Waals surface area contributed by atoms with Crippen molar-refractivity contribution in [3.63, 3.8) is 0 Å². The Kier molecular flexibility index (Phi) is 1.22. The van der Waals surface area contributed by atoms with E-state index in [-0.39, 0.29) is 5.75 Å². The third-order valence-electron chi connectivity index (χ3n) is 2.05. The molecule has 0 atom stereocenters. The molecule has 0 amide bonds. The van der Waals surface area contributed by atoms with Gasteiger partial charge in [-0.2, -0.15) is 15.4 Å². The van der Waals surface area contributed by atoms with Crippen molar-refractivity contribution < 1.29 is 5.11 Å². The lowest BCUT2D eigenvalue weighted by molar-refractivity contribution is 0.481. The number of phenols is 1. The van der Waals surface area contributed by atoms with Crippen LogP contribution in [0.2, 0.25) is 0 Å². The van der Waals surface area contributed by atoms with Gasteiger partial charge in [-0.25, -0.2) is 9.97 Å². The molecule has 0 saturated heterocycles. The first kappa shape index (κ1) is 7.19. The van der Waals surface area contributed by atoms with Crippen LogP contribution in [0, 0.1) is 0 Å². The minimum absolute atomic E-state index is 0.0797. The summed E-state index contributed by atoms with van der Waals surface area (Å²) in [5, 5.41) is 20.5. The lowest BCUT2D eigenvalue weighted by Crippen LogP contribution is -1.83. The van der Waals surface area contributed by atoms with Crippen LogP contribution < -0.4 is 0 Å². The number of hydrogen-bond acceptors (Lipinski definition) is 5. The zero-order valence-electron chi connectivity index (χ0n) is 6.97. The summed E-state index contributed by atoms with van der Waals surface area (Å²) in [6.07, 6.45) is 3.06. The topological polar surface area (TPSA) is 87.6 Å². The Morgan fingerprint density at radius 2 is 2.00 bits per heavy atom. The molecular formula is C8H5N5O. The molecule has 0 fully saturated rings. The third-order valence-corrected chi connectivity index (χ3v) is 2.05. The molecule has 68 valence electrons. The van der Waals surface area contributed by atoms with E-state index in [9.17, 15) is 5.11 Å². The molecule has 0 saturated carbocycles. The van der Waals surface area contributed by atoms with E-state index in [1.165, 1.54) is 6.33 Å². The number of aromatic nitrogens is 5. The van der Waals surface area contributed by atoms with Crippen LogP contribution in [0.4, 0.5) is 0 Å². The molecule has 0 spiro atoms. The fourth-order valence-corrected chi connectivity index (χ4v) is 1.43. The first-order valence-corrected chi connectivity index (χ1v) is 3.98. The van der Waals surface area contributed by atoms with E-state index in [1.54, 1.807) is 12.3 Å². The van der Waals surface area contributed by atoms with Gasteiger partial charge in [0.25, 0.3) is 0 Å². The number of fused-ring (bicyclic) bond motifs is 3. The highest BCUT2D eigenvalue weighted by Gasteiger charge is 2.09. The van der Waals surface area contributed by atoms with Gasteiger partial charge < -0.3 is 5.11 Å². The second-order valence-electron chi connectivity index (χ2n) is 2.88. The molecular weight excluding hydrogens is 182 g/mol. The van der Waals surface area contributed by atoms with Gasteiger partial charge in [-0.3, -0.25) is 0 Å². The summed E-state index contributed by atoms with van der Waals surface area (Å²) < 4.78 is 0. The molecule has 2 aromatic heterocycles. The van der Waals surface area contributed by atoms with Gasteiger partial charge in [-0.1, -0.05) is 0 Å². The first-order valence-electron chi connectivity index (χ1n) is 3.98. The fraction of sp³-hybridized carbons (Fsp3) is 0. The lowest BCUT2D eigenvalue weighted by Gasteiger charge is -1.97. The highest BCUT2D eigenvalue weighted by molar-refractivity contribution is 6.03. The molecule has 2 N–H and O–H groups in total. The van der Waals surface area contributed by atoms with E-state index in [0.717, 1.165) is 5.39 Å². The van der Waals surface area contributed by atoms with Gasteiger partial charge in [0.1, 0.15) is 23.1 Å². The number of phenolic OH excluding ortho intramolecular Hbond substituents is 1. The van der Waals surface area contributed by atoms with E-state index >= 15 is 0 Å². The van der Waals surface area contributed by atoms with Crippen molar-refractivity contribution in [1.29, 1.82) is 0 Å². The maximum absolute atomic E-state index is 9.58. The molecule has 0 radical (unpaired) electrons. The van der Waals surface area contributed by atoms with Gasteiger partial charge in [0.15, 0.2) is 5.52 Å². The van der Waals surface area contributed by atoms with Crippen molar-refractivity contribution in [3.05, 3.63) is 18.6 Å². The Balaban J connectivity index is 2.66. The molecule has 6 nitrogen and oxygen atoms in total. The number of benzene rings is 1. The van der Waals surface area contributed by atoms with Crippen molar-refractivity contribution in [2.45, 2.75) is 0 Å².